The van der Waals surface area contributed by atoms with Crippen LogP contribution in [0.4, 0.5) is 0 Å². The molecule has 1 fully saturated rings. The van der Waals surface area contributed by atoms with Crippen LogP contribution in [-0.2, 0) is 4.74 Å². The summed E-state index contributed by atoms with van der Waals surface area (Å²) in [6.45, 7) is 8.83. The summed E-state index contributed by atoms with van der Waals surface area (Å²) in [6, 6.07) is 0. The van der Waals surface area contributed by atoms with Gasteiger partial charge in [-0.25, -0.2) is 0 Å². The van der Waals surface area contributed by atoms with E-state index < -0.39 is 0 Å². The third-order valence-electron chi connectivity index (χ3n) is 3.07. The van der Waals surface area contributed by atoms with Gasteiger partial charge in [0.2, 0.25) is 0 Å². The summed E-state index contributed by atoms with van der Waals surface area (Å²) in [5.41, 5.74) is 0. The maximum Gasteiger partial charge on any atom is 0.0603 e. The predicted octanol–water partition coefficient (Wildman–Crippen LogP) is 1.49. The van der Waals surface area contributed by atoms with Crippen LogP contribution in [-0.4, -0.2) is 50.3 Å². The fraction of sp³-hybridized carbons (Fsp3) is 1.00. The molecule has 1 aliphatic rings. The molecule has 0 aromatic heterocycles. The van der Waals surface area contributed by atoms with E-state index in [1.54, 1.807) is 0 Å². The Bertz CT molecular complexity index is 156. The van der Waals surface area contributed by atoms with Crippen molar-refractivity contribution in [3.05, 3.63) is 0 Å². The van der Waals surface area contributed by atoms with Crippen molar-refractivity contribution in [1.29, 1.82) is 0 Å². The molecule has 1 N–H and O–H groups in total. The van der Waals surface area contributed by atoms with Gasteiger partial charge in [-0.1, -0.05) is 6.92 Å². The van der Waals surface area contributed by atoms with Crippen LogP contribution >= 0.6 is 0 Å². The standard InChI is InChI=1S/C12H26N2O/c1-4-13-8-5-11(2)15-12-6-9-14(3)10-7-12/h11-13H,4-10H2,1-3H3. The molecule has 3 heteroatoms. The van der Waals surface area contributed by atoms with Gasteiger partial charge in [0.05, 0.1) is 12.2 Å². The van der Waals surface area contributed by atoms with Gasteiger partial charge in [0.15, 0.2) is 0 Å². The Hall–Kier alpha value is -0.120. The third-order valence-corrected chi connectivity index (χ3v) is 3.07. The van der Waals surface area contributed by atoms with Gasteiger partial charge < -0.3 is 15.0 Å². The van der Waals surface area contributed by atoms with Crippen LogP contribution in [0.15, 0.2) is 0 Å². The Morgan fingerprint density at radius 1 is 1.40 bits per heavy atom. The Morgan fingerprint density at radius 2 is 2.07 bits per heavy atom. The normalized spacial score (nSPS) is 21.8. The molecule has 15 heavy (non-hydrogen) atoms. The molecule has 3 nitrogen and oxygen atoms in total. The highest BCUT2D eigenvalue weighted by Gasteiger charge is 2.18. The smallest absolute Gasteiger partial charge is 0.0603 e. The molecule has 0 aliphatic carbocycles. The van der Waals surface area contributed by atoms with Crippen LogP contribution in [0.1, 0.15) is 33.1 Å². The van der Waals surface area contributed by atoms with E-state index in [4.69, 9.17) is 4.74 Å². The fourth-order valence-electron chi connectivity index (χ4n) is 2.00. The van der Waals surface area contributed by atoms with Gasteiger partial charge in [-0.05, 0) is 46.3 Å². The molecule has 1 aliphatic heterocycles. The fourth-order valence-corrected chi connectivity index (χ4v) is 2.00. The average molecular weight is 214 g/mol. The van der Waals surface area contributed by atoms with E-state index in [9.17, 15) is 0 Å². The van der Waals surface area contributed by atoms with Crippen molar-refractivity contribution in [2.24, 2.45) is 0 Å². The van der Waals surface area contributed by atoms with Crippen LogP contribution in [0.5, 0.6) is 0 Å². The van der Waals surface area contributed by atoms with E-state index in [1.807, 2.05) is 0 Å². The van der Waals surface area contributed by atoms with Crippen molar-refractivity contribution in [2.45, 2.75) is 45.3 Å². The molecule has 90 valence electrons. The minimum Gasteiger partial charge on any atom is -0.375 e. The Kier molecular flexibility index (Phi) is 6.22. The Labute approximate surface area is 94.2 Å². The molecule has 0 amide bonds. The van der Waals surface area contributed by atoms with Crippen LogP contribution < -0.4 is 5.32 Å². The zero-order chi connectivity index (χ0) is 11.1. The van der Waals surface area contributed by atoms with Gasteiger partial charge in [0.1, 0.15) is 0 Å². The van der Waals surface area contributed by atoms with Gasteiger partial charge in [-0.3, -0.25) is 0 Å². The molecule has 0 spiro atoms. The second-order valence-electron chi connectivity index (χ2n) is 4.59. The summed E-state index contributed by atoms with van der Waals surface area (Å²) < 4.78 is 6.02. The summed E-state index contributed by atoms with van der Waals surface area (Å²) in [6.07, 6.45) is 4.42. The van der Waals surface area contributed by atoms with Gasteiger partial charge in [-0.2, -0.15) is 0 Å². The zero-order valence-electron chi connectivity index (χ0n) is 10.5. The molecule has 1 unspecified atom stereocenters. The number of nitrogens with one attached hydrogen (secondary N) is 1. The first-order valence-electron chi connectivity index (χ1n) is 6.27. The molecular weight excluding hydrogens is 188 g/mol. The largest absolute Gasteiger partial charge is 0.375 e. The lowest BCUT2D eigenvalue weighted by Crippen LogP contribution is -2.36. The minimum atomic E-state index is 0.400. The van der Waals surface area contributed by atoms with E-state index in [-0.39, 0.29) is 0 Å². The van der Waals surface area contributed by atoms with Crippen molar-refractivity contribution >= 4 is 0 Å². The monoisotopic (exact) mass is 214 g/mol. The highest BCUT2D eigenvalue weighted by Crippen LogP contribution is 2.14. The lowest BCUT2D eigenvalue weighted by atomic mass is 10.1. The molecule has 0 radical (unpaired) electrons. The van der Waals surface area contributed by atoms with E-state index >= 15 is 0 Å². The Morgan fingerprint density at radius 3 is 2.67 bits per heavy atom. The van der Waals surface area contributed by atoms with Crippen LogP contribution in [0.25, 0.3) is 0 Å². The quantitative estimate of drug-likeness (QED) is 0.678. The van der Waals surface area contributed by atoms with Crippen molar-refractivity contribution in [3.63, 3.8) is 0 Å². The number of hydrogen-bond donors (Lipinski definition) is 1. The maximum absolute atomic E-state index is 6.02. The highest BCUT2D eigenvalue weighted by atomic mass is 16.5. The molecule has 1 atom stereocenters. The number of piperidine rings is 1. The summed E-state index contributed by atoms with van der Waals surface area (Å²) in [7, 11) is 2.19. The van der Waals surface area contributed by atoms with Crippen LogP contribution in [0.2, 0.25) is 0 Å². The van der Waals surface area contributed by atoms with Crippen molar-refractivity contribution in [1.82, 2.24) is 10.2 Å². The number of rotatable bonds is 6. The van der Waals surface area contributed by atoms with E-state index in [0.29, 0.717) is 12.2 Å². The summed E-state index contributed by atoms with van der Waals surface area (Å²) >= 11 is 0. The average Bonchev–Trinajstić information content (AvgIpc) is 2.22. The van der Waals surface area contributed by atoms with Crippen molar-refractivity contribution in [2.75, 3.05) is 33.2 Å². The topological polar surface area (TPSA) is 24.5 Å². The summed E-state index contributed by atoms with van der Waals surface area (Å²) in [5, 5.41) is 3.34. The lowest BCUT2D eigenvalue weighted by Gasteiger charge is -2.31. The molecule has 0 saturated carbocycles. The van der Waals surface area contributed by atoms with Gasteiger partial charge >= 0.3 is 0 Å². The zero-order valence-corrected chi connectivity index (χ0v) is 10.5. The van der Waals surface area contributed by atoms with Crippen LogP contribution in [0.3, 0.4) is 0 Å². The second kappa shape index (κ2) is 7.20. The first-order chi connectivity index (χ1) is 7.22. The van der Waals surface area contributed by atoms with Gasteiger partial charge in [-0.15, -0.1) is 0 Å². The number of likely N-dealkylation sites (tertiary alicyclic amines) is 1. The Balaban J connectivity index is 2.06. The first-order valence-corrected chi connectivity index (χ1v) is 6.27. The number of ether oxygens (including phenoxy) is 1. The number of hydrogen-bond acceptors (Lipinski definition) is 3. The summed E-state index contributed by atoms with van der Waals surface area (Å²) in [4.78, 5) is 2.38. The molecule has 0 aromatic carbocycles. The SMILES string of the molecule is CCNCCC(C)OC1CCN(C)CC1. The number of nitrogens with zero attached hydrogens (tertiary/aromatic N) is 1. The predicted molar refractivity (Wildman–Crippen MR) is 64.2 cm³/mol. The van der Waals surface area contributed by atoms with Gasteiger partial charge in [0, 0.05) is 13.1 Å². The van der Waals surface area contributed by atoms with E-state index in [2.05, 4.69) is 31.1 Å². The van der Waals surface area contributed by atoms with Crippen LogP contribution in [0, 0.1) is 0 Å². The maximum atomic E-state index is 6.02. The van der Waals surface area contributed by atoms with E-state index in [1.165, 1.54) is 25.9 Å². The highest BCUT2D eigenvalue weighted by molar-refractivity contribution is 4.71. The van der Waals surface area contributed by atoms with Crippen molar-refractivity contribution < 1.29 is 4.74 Å². The minimum absolute atomic E-state index is 0.400. The lowest BCUT2D eigenvalue weighted by molar-refractivity contribution is -0.0340. The molecule has 0 aromatic rings. The van der Waals surface area contributed by atoms with E-state index in [0.717, 1.165) is 19.5 Å². The molecule has 1 saturated heterocycles. The first kappa shape index (κ1) is 12.9. The summed E-state index contributed by atoms with van der Waals surface area (Å²) in [5.74, 6) is 0. The molecule has 1 heterocycles. The molecular formula is C12H26N2O. The van der Waals surface area contributed by atoms with Gasteiger partial charge in [0.25, 0.3) is 0 Å². The van der Waals surface area contributed by atoms with Crippen molar-refractivity contribution in [3.8, 4) is 0 Å². The molecule has 0 bridgehead atoms. The second-order valence-corrected chi connectivity index (χ2v) is 4.59. The molecule has 1 rings (SSSR count). The third kappa shape index (κ3) is 5.50.